The highest BCUT2D eigenvalue weighted by Crippen LogP contribution is 2.53. The van der Waals surface area contributed by atoms with Crippen LogP contribution in [0.3, 0.4) is 0 Å². The molecule has 1 fully saturated rings. The second-order valence-corrected chi connectivity index (χ2v) is 4.67. The van der Waals surface area contributed by atoms with Gasteiger partial charge in [0.25, 0.3) is 0 Å². The molecule has 0 aromatic carbocycles. The predicted octanol–water partition coefficient (Wildman–Crippen LogP) is 2.73. The quantitative estimate of drug-likeness (QED) is 0.642. The molecule has 0 radical (unpaired) electrons. The van der Waals surface area contributed by atoms with Crippen LogP contribution in [-0.4, -0.2) is 18.0 Å². The molecule has 14 heavy (non-hydrogen) atoms. The number of rotatable bonds is 2. The van der Waals surface area contributed by atoms with Crippen LogP contribution in [0.4, 0.5) is 0 Å². The SMILES string of the molecule is C=C1C2=C(C=CC3CC23)CN1CCC. The lowest BCUT2D eigenvalue weighted by Gasteiger charge is -2.19. The molecule has 0 spiro atoms. The zero-order valence-corrected chi connectivity index (χ0v) is 8.79. The van der Waals surface area contributed by atoms with Gasteiger partial charge in [0.05, 0.1) is 0 Å². The molecule has 1 heteroatoms. The van der Waals surface area contributed by atoms with Gasteiger partial charge < -0.3 is 4.90 Å². The molecule has 0 aromatic heterocycles. The van der Waals surface area contributed by atoms with E-state index in [2.05, 4.69) is 30.6 Å². The van der Waals surface area contributed by atoms with Crippen molar-refractivity contribution >= 4 is 0 Å². The summed E-state index contributed by atoms with van der Waals surface area (Å²) in [6, 6.07) is 0. The van der Waals surface area contributed by atoms with E-state index in [-0.39, 0.29) is 0 Å². The summed E-state index contributed by atoms with van der Waals surface area (Å²) in [6.07, 6.45) is 7.32. The Balaban J connectivity index is 1.87. The molecule has 3 rings (SSSR count). The highest BCUT2D eigenvalue weighted by Gasteiger charge is 2.44. The van der Waals surface area contributed by atoms with Gasteiger partial charge in [0.15, 0.2) is 0 Å². The molecule has 1 heterocycles. The molecule has 2 atom stereocenters. The van der Waals surface area contributed by atoms with Crippen LogP contribution in [0.15, 0.2) is 35.6 Å². The zero-order chi connectivity index (χ0) is 9.71. The van der Waals surface area contributed by atoms with Crippen molar-refractivity contribution < 1.29 is 0 Å². The number of allylic oxidation sites excluding steroid dienone is 2. The van der Waals surface area contributed by atoms with Crippen LogP contribution in [0.25, 0.3) is 0 Å². The second kappa shape index (κ2) is 2.75. The van der Waals surface area contributed by atoms with E-state index < -0.39 is 0 Å². The van der Waals surface area contributed by atoms with E-state index in [9.17, 15) is 0 Å². The second-order valence-electron chi connectivity index (χ2n) is 4.67. The van der Waals surface area contributed by atoms with Gasteiger partial charge in [0.2, 0.25) is 0 Å². The largest absolute Gasteiger partial charge is 0.367 e. The first-order valence-corrected chi connectivity index (χ1v) is 5.66. The molecule has 0 aromatic rings. The minimum absolute atomic E-state index is 0.837. The number of hydrogen-bond acceptors (Lipinski definition) is 1. The highest BCUT2D eigenvalue weighted by atomic mass is 15.2. The van der Waals surface area contributed by atoms with Crippen LogP contribution in [0.2, 0.25) is 0 Å². The fourth-order valence-corrected chi connectivity index (χ4v) is 2.82. The highest BCUT2D eigenvalue weighted by molar-refractivity contribution is 5.52. The Morgan fingerprint density at radius 3 is 3.21 bits per heavy atom. The van der Waals surface area contributed by atoms with Gasteiger partial charge in [-0.2, -0.15) is 0 Å². The van der Waals surface area contributed by atoms with E-state index in [1.165, 1.54) is 18.5 Å². The third-order valence-corrected chi connectivity index (χ3v) is 3.65. The third kappa shape index (κ3) is 1.01. The first-order valence-electron chi connectivity index (χ1n) is 5.66. The van der Waals surface area contributed by atoms with Crippen LogP contribution < -0.4 is 0 Å². The molecule has 1 nitrogen and oxygen atoms in total. The lowest BCUT2D eigenvalue weighted by molar-refractivity contribution is 0.401. The molecule has 74 valence electrons. The van der Waals surface area contributed by atoms with Crippen molar-refractivity contribution in [3.8, 4) is 0 Å². The fraction of sp³-hybridized carbons (Fsp3) is 0.538. The molecule has 2 aliphatic carbocycles. The molecule has 0 bridgehead atoms. The summed E-state index contributed by atoms with van der Waals surface area (Å²) in [5.74, 6) is 1.69. The predicted molar refractivity (Wildman–Crippen MR) is 58.8 cm³/mol. The Labute approximate surface area is 85.8 Å². The summed E-state index contributed by atoms with van der Waals surface area (Å²) in [5.41, 5.74) is 4.45. The van der Waals surface area contributed by atoms with Gasteiger partial charge >= 0.3 is 0 Å². The maximum atomic E-state index is 4.25. The maximum absolute atomic E-state index is 4.25. The van der Waals surface area contributed by atoms with Gasteiger partial charge in [-0.25, -0.2) is 0 Å². The lowest BCUT2D eigenvalue weighted by Crippen LogP contribution is -2.20. The smallest absolute Gasteiger partial charge is 0.0432 e. The van der Waals surface area contributed by atoms with Crippen molar-refractivity contribution in [3.63, 3.8) is 0 Å². The van der Waals surface area contributed by atoms with Crippen LogP contribution in [0, 0.1) is 11.8 Å². The van der Waals surface area contributed by atoms with Crippen molar-refractivity contribution in [3.05, 3.63) is 35.6 Å². The van der Waals surface area contributed by atoms with Crippen LogP contribution in [0.1, 0.15) is 19.8 Å². The van der Waals surface area contributed by atoms with E-state index in [1.54, 1.807) is 11.1 Å². The van der Waals surface area contributed by atoms with E-state index in [0.717, 1.165) is 24.9 Å². The van der Waals surface area contributed by atoms with E-state index in [1.807, 2.05) is 0 Å². The average Bonchev–Trinajstić information content (AvgIpc) is 2.89. The molecular formula is C13H17N. The minimum Gasteiger partial charge on any atom is -0.367 e. The van der Waals surface area contributed by atoms with Gasteiger partial charge in [-0.05, 0) is 35.8 Å². The minimum atomic E-state index is 0.837. The van der Waals surface area contributed by atoms with Crippen molar-refractivity contribution in [2.75, 3.05) is 13.1 Å². The van der Waals surface area contributed by atoms with Crippen molar-refractivity contribution in [2.24, 2.45) is 11.8 Å². The molecule has 3 aliphatic rings. The molecular weight excluding hydrogens is 170 g/mol. The van der Waals surface area contributed by atoms with Gasteiger partial charge in [-0.1, -0.05) is 25.7 Å². The summed E-state index contributed by atoms with van der Waals surface area (Å²) < 4.78 is 0. The molecule has 0 amide bonds. The Bertz CT molecular complexity index is 348. The van der Waals surface area contributed by atoms with Gasteiger partial charge in [0, 0.05) is 18.8 Å². The Morgan fingerprint density at radius 2 is 2.43 bits per heavy atom. The lowest BCUT2D eigenvalue weighted by atomic mass is 9.98. The van der Waals surface area contributed by atoms with Crippen LogP contribution in [0.5, 0.6) is 0 Å². The van der Waals surface area contributed by atoms with Crippen molar-refractivity contribution in [1.29, 1.82) is 0 Å². The van der Waals surface area contributed by atoms with Gasteiger partial charge in [-0.3, -0.25) is 0 Å². The molecule has 1 aliphatic heterocycles. The van der Waals surface area contributed by atoms with E-state index in [0.29, 0.717) is 0 Å². The number of hydrogen-bond donors (Lipinski definition) is 0. The van der Waals surface area contributed by atoms with Crippen molar-refractivity contribution in [2.45, 2.75) is 19.8 Å². The third-order valence-electron chi connectivity index (χ3n) is 3.65. The molecule has 0 saturated heterocycles. The Kier molecular flexibility index (Phi) is 1.64. The normalized spacial score (nSPS) is 33.5. The van der Waals surface area contributed by atoms with Crippen LogP contribution >= 0.6 is 0 Å². The molecule has 0 N–H and O–H groups in total. The van der Waals surface area contributed by atoms with E-state index in [4.69, 9.17) is 0 Å². The molecule has 1 saturated carbocycles. The van der Waals surface area contributed by atoms with Crippen molar-refractivity contribution in [1.82, 2.24) is 4.90 Å². The van der Waals surface area contributed by atoms with Gasteiger partial charge in [-0.15, -0.1) is 0 Å². The van der Waals surface area contributed by atoms with Gasteiger partial charge in [0.1, 0.15) is 0 Å². The summed E-state index contributed by atoms with van der Waals surface area (Å²) in [7, 11) is 0. The maximum Gasteiger partial charge on any atom is 0.0432 e. The summed E-state index contributed by atoms with van der Waals surface area (Å²) in [5, 5.41) is 0. The van der Waals surface area contributed by atoms with Crippen LogP contribution in [-0.2, 0) is 0 Å². The summed E-state index contributed by atoms with van der Waals surface area (Å²) in [6.45, 7) is 8.76. The monoisotopic (exact) mass is 187 g/mol. The Morgan fingerprint density at radius 1 is 1.57 bits per heavy atom. The average molecular weight is 187 g/mol. The fourth-order valence-electron chi connectivity index (χ4n) is 2.82. The first kappa shape index (κ1) is 8.34. The molecule has 2 unspecified atom stereocenters. The number of nitrogens with zero attached hydrogens (tertiary/aromatic N) is 1. The summed E-state index contributed by atoms with van der Waals surface area (Å²) in [4.78, 5) is 2.44. The first-order chi connectivity index (χ1) is 6.81. The Hall–Kier alpha value is -0.980. The van der Waals surface area contributed by atoms with E-state index >= 15 is 0 Å². The number of fused-ring (bicyclic) bond motifs is 2. The zero-order valence-electron chi connectivity index (χ0n) is 8.79. The summed E-state index contributed by atoms with van der Waals surface area (Å²) >= 11 is 0. The standard InChI is InChI=1S/C13H17N/c1-3-6-14-8-11-5-4-10-7-12(10)13(11)9(14)2/h4-5,10,12H,2-3,6-8H2,1H3. The topological polar surface area (TPSA) is 3.24 Å².